The molecule has 2 heterocycles. The second-order valence-corrected chi connectivity index (χ2v) is 6.71. The third kappa shape index (κ3) is 2.79. The van der Waals surface area contributed by atoms with Crippen molar-refractivity contribution in [1.29, 1.82) is 0 Å². The molecule has 130 valence electrons. The smallest absolute Gasteiger partial charge is 0.311 e. The molecular weight excluding hydrogens is 313 g/mol. The van der Waals surface area contributed by atoms with Crippen molar-refractivity contribution in [2.75, 3.05) is 26.3 Å². The van der Waals surface area contributed by atoms with E-state index in [-0.39, 0.29) is 30.1 Å². The number of likely N-dealkylation sites (tertiary alicyclic amines) is 1. The summed E-state index contributed by atoms with van der Waals surface area (Å²) in [5, 5.41) is 9.71. The van der Waals surface area contributed by atoms with Crippen molar-refractivity contribution in [1.82, 2.24) is 4.90 Å². The maximum absolute atomic E-state index is 13.1. The summed E-state index contributed by atoms with van der Waals surface area (Å²) in [5.74, 6) is -1.81. The molecular formula is C18H22FNO4. The molecule has 2 aliphatic heterocycles. The monoisotopic (exact) mass is 335 g/mol. The topological polar surface area (TPSA) is 66.8 Å². The number of carboxylic acid groups (broad SMARTS) is 1. The zero-order valence-corrected chi connectivity index (χ0v) is 13.7. The summed E-state index contributed by atoms with van der Waals surface area (Å²) < 4.78 is 18.6. The lowest BCUT2D eigenvalue weighted by Gasteiger charge is -2.34. The van der Waals surface area contributed by atoms with Crippen LogP contribution in [0.5, 0.6) is 0 Å². The number of amides is 1. The molecule has 6 heteroatoms. The summed E-state index contributed by atoms with van der Waals surface area (Å²) in [6.07, 6.45) is 1.02. The minimum Gasteiger partial charge on any atom is -0.481 e. The Labute approximate surface area is 140 Å². The van der Waals surface area contributed by atoms with E-state index in [4.69, 9.17) is 4.74 Å². The number of fused-ring (bicyclic) bond motifs is 1. The van der Waals surface area contributed by atoms with E-state index in [0.29, 0.717) is 32.6 Å². The lowest BCUT2D eigenvalue weighted by molar-refractivity contribution is -0.157. The SMILES string of the molecule is CCC(C(=O)N1C[C@H]2COCC[C@@]2(C(=O)O)C1)c1ccc(F)cc1. The molecule has 3 atom stereocenters. The van der Waals surface area contributed by atoms with E-state index in [1.165, 1.54) is 12.1 Å². The van der Waals surface area contributed by atoms with E-state index in [9.17, 15) is 19.1 Å². The number of hydrogen-bond donors (Lipinski definition) is 1. The molecule has 1 amide bonds. The predicted octanol–water partition coefficient (Wildman–Crippen LogP) is 2.27. The average molecular weight is 335 g/mol. The zero-order valence-electron chi connectivity index (χ0n) is 13.7. The molecule has 1 N–H and O–H groups in total. The second-order valence-electron chi connectivity index (χ2n) is 6.71. The van der Waals surface area contributed by atoms with E-state index < -0.39 is 11.4 Å². The van der Waals surface area contributed by atoms with Crippen molar-refractivity contribution in [3.05, 3.63) is 35.6 Å². The number of aliphatic carboxylic acids is 1. The number of ether oxygens (including phenoxy) is 1. The molecule has 0 aliphatic carbocycles. The average Bonchev–Trinajstić information content (AvgIpc) is 2.98. The molecule has 0 spiro atoms. The molecule has 2 saturated heterocycles. The first-order chi connectivity index (χ1) is 11.5. The molecule has 3 rings (SSSR count). The fourth-order valence-electron chi connectivity index (χ4n) is 3.94. The van der Waals surface area contributed by atoms with E-state index in [0.717, 1.165) is 5.56 Å². The van der Waals surface area contributed by atoms with Gasteiger partial charge in [-0.25, -0.2) is 4.39 Å². The highest BCUT2D eigenvalue weighted by molar-refractivity contribution is 5.86. The lowest BCUT2D eigenvalue weighted by atomic mass is 9.74. The van der Waals surface area contributed by atoms with Crippen LogP contribution in [0.3, 0.4) is 0 Å². The van der Waals surface area contributed by atoms with Gasteiger partial charge < -0.3 is 14.7 Å². The Kier molecular flexibility index (Phi) is 4.58. The van der Waals surface area contributed by atoms with E-state index >= 15 is 0 Å². The normalized spacial score (nSPS) is 27.6. The Hall–Kier alpha value is -1.95. The van der Waals surface area contributed by atoms with Crippen LogP contribution in [0.1, 0.15) is 31.2 Å². The Morgan fingerprint density at radius 2 is 2.12 bits per heavy atom. The van der Waals surface area contributed by atoms with E-state index in [2.05, 4.69) is 0 Å². The second kappa shape index (κ2) is 6.51. The highest BCUT2D eigenvalue weighted by Gasteiger charge is 2.55. The maximum atomic E-state index is 13.1. The fourth-order valence-corrected chi connectivity index (χ4v) is 3.94. The van der Waals surface area contributed by atoms with Gasteiger partial charge in [0.2, 0.25) is 5.91 Å². The van der Waals surface area contributed by atoms with Gasteiger partial charge in [0.05, 0.1) is 17.9 Å². The molecule has 2 fully saturated rings. The maximum Gasteiger partial charge on any atom is 0.311 e. The van der Waals surface area contributed by atoms with Crippen molar-refractivity contribution in [2.45, 2.75) is 25.7 Å². The van der Waals surface area contributed by atoms with Crippen molar-refractivity contribution >= 4 is 11.9 Å². The summed E-state index contributed by atoms with van der Waals surface area (Å²) in [5.41, 5.74) is -0.131. The van der Waals surface area contributed by atoms with Crippen LogP contribution < -0.4 is 0 Å². The quantitative estimate of drug-likeness (QED) is 0.917. The molecule has 24 heavy (non-hydrogen) atoms. The molecule has 1 unspecified atom stereocenters. The molecule has 0 saturated carbocycles. The number of benzene rings is 1. The summed E-state index contributed by atoms with van der Waals surface area (Å²) in [6.45, 7) is 3.34. The molecule has 0 aromatic heterocycles. The van der Waals surface area contributed by atoms with Crippen LogP contribution in [0.4, 0.5) is 4.39 Å². The van der Waals surface area contributed by atoms with Crippen LogP contribution >= 0.6 is 0 Å². The lowest BCUT2D eigenvalue weighted by Crippen LogP contribution is -2.45. The summed E-state index contributed by atoms with van der Waals surface area (Å²) in [7, 11) is 0. The number of rotatable bonds is 4. The Morgan fingerprint density at radius 1 is 1.42 bits per heavy atom. The largest absolute Gasteiger partial charge is 0.481 e. The number of carbonyl (C=O) groups is 2. The minimum absolute atomic E-state index is 0.0841. The van der Waals surface area contributed by atoms with Gasteiger partial charge in [0.25, 0.3) is 0 Å². The van der Waals surface area contributed by atoms with Gasteiger partial charge in [-0.2, -0.15) is 0 Å². The summed E-state index contributed by atoms with van der Waals surface area (Å²) in [6, 6.07) is 5.95. The Bertz CT molecular complexity index is 632. The van der Waals surface area contributed by atoms with Gasteiger partial charge in [0, 0.05) is 25.6 Å². The Morgan fingerprint density at radius 3 is 2.71 bits per heavy atom. The third-order valence-corrected chi connectivity index (χ3v) is 5.42. The molecule has 2 aliphatic rings. The highest BCUT2D eigenvalue weighted by Crippen LogP contribution is 2.43. The van der Waals surface area contributed by atoms with Crippen molar-refractivity contribution < 1.29 is 23.8 Å². The standard InChI is InChI=1S/C18H22FNO4/c1-2-15(12-3-5-14(19)6-4-12)16(21)20-9-13-10-24-8-7-18(13,11-20)17(22)23/h3-6,13,15H,2,7-11H2,1H3,(H,22,23)/t13-,15?,18+/m0/s1. The van der Waals surface area contributed by atoms with Gasteiger partial charge in [0.1, 0.15) is 5.82 Å². The number of nitrogens with zero attached hydrogens (tertiary/aromatic N) is 1. The van der Waals surface area contributed by atoms with Crippen LogP contribution in [0.2, 0.25) is 0 Å². The molecule has 1 aromatic carbocycles. The third-order valence-electron chi connectivity index (χ3n) is 5.42. The first kappa shape index (κ1) is 16.9. The van der Waals surface area contributed by atoms with Gasteiger partial charge in [-0.1, -0.05) is 19.1 Å². The van der Waals surface area contributed by atoms with Crippen molar-refractivity contribution in [3.8, 4) is 0 Å². The Balaban J connectivity index is 1.82. The first-order valence-corrected chi connectivity index (χ1v) is 8.33. The van der Waals surface area contributed by atoms with Crippen LogP contribution in [0.15, 0.2) is 24.3 Å². The number of carbonyl (C=O) groups excluding carboxylic acids is 1. The van der Waals surface area contributed by atoms with Gasteiger partial charge in [-0.05, 0) is 30.5 Å². The fraction of sp³-hybridized carbons (Fsp3) is 0.556. The van der Waals surface area contributed by atoms with Crippen LogP contribution in [0.25, 0.3) is 0 Å². The zero-order chi connectivity index (χ0) is 17.3. The summed E-state index contributed by atoms with van der Waals surface area (Å²) >= 11 is 0. The summed E-state index contributed by atoms with van der Waals surface area (Å²) in [4.78, 5) is 26.5. The predicted molar refractivity (Wildman–Crippen MR) is 85.0 cm³/mol. The number of hydrogen-bond acceptors (Lipinski definition) is 3. The molecule has 0 bridgehead atoms. The van der Waals surface area contributed by atoms with E-state index in [1.807, 2.05) is 6.92 Å². The van der Waals surface area contributed by atoms with Crippen LogP contribution in [-0.4, -0.2) is 48.2 Å². The number of carboxylic acids is 1. The molecule has 5 nitrogen and oxygen atoms in total. The van der Waals surface area contributed by atoms with Gasteiger partial charge in [-0.3, -0.25) is 9.59 Å². The highest BCUT2D eigenvalue weighted by atomic mass is 19.1. The van der Waals surface area contributed by atoms with Crippen LogP contribution in [0, 0.1) is 17.2 Å². The van der Waals surface area contributed by atoms with E-state index in [1.54, 1.807) is 17.0 Å². The van der Waals surface area contributed by atoms with Gasteiger partial charge in [-0.15, -0.1) is 0 Å². The minimum atomic E-state index is -0.894. The van der Waals surface area contributed by atoms with Gasteiger partial charge >= 0.3 is 5.97 Å². The first-order valence-electron chi connectivity index (χ1n) is 8.33. The van der Waals surface area contributed by atoms with Crippen molar-refractivity contribution in [2.24, 2.45) is 11.3 Å². The molecule has 0 radical (unpaired) electrons. The van der Waals surface area contributed by atoms with Crippen LogP contribution in [-0.2, 0) is 14.3 Å². The number of halogens is 1. The van der Waals surface area contributed by atoms with Crippen molar-refractivity contribution in [3.63, 3.8) is 0 Å². The van der Waals surface area contributed by atoms with Gasteiger partial charge in [0.15, 0.2) is 0 Å². The molecule has 1 aromatic rings.